The molecule has 0 spiro atoms. The SMILES string of the molecule is COC(=O)c1ccc(CC2=CCOC2=O)cc1. The Kier molecular flexibility index (Phi) is 3.23. The Morgan fingerprint density at radius 2 is 2.06 bits per heavy atom. The molecule has 0 atom stereocenters. The molecular weight excluding hydrogens is 220 g/mol. The molecule has 0 saturated heterocycles. The van der Waals surface area contributed by atoms with E-state index < -0.39 is 0 Å². The summed E-state index contributed by atoms with van der Waals surface area (Å²) in [4.78, 5) is 22.4. The largest absolute Gasteiger partial charge is 0.465 e. The van der Waals surface area contributed by atoms with Crippen LogP contribution in [0.4, 0.5) is 0 Å². The van der Waals surface area contributed by atoms with Gasteiger partial charge in [-0.25, -0.2) is 9.59 Å². The van der Waals surface area contributed by atoms with Gasteiger partial charge < -0.3 is 9.47 Å². The van der Waals surface area contributed by atoms with Crippen molar-refractivity contribution in [1.82, 2.24) is 0 Å². The average molecular weight is 232 g/mol. The van der Waals surface area contributed by atoms with Crippen LogP contribution in [0.2, 0.25) is 0 Å². The molecule has 0 unspecified atom stereocenters. The van der Waals surface area contributed by atoms with Crippen LogP contribution in [-0.4, -0.2) is 25.7 Å². The first-order chi connectivity index (χ1) is 8.20. The topological polar surface area (TPSA) is 52.6 Å². The highest BCUT2D eigenvalue weighted by molar-refractivity contribution is 5.91. The standard InChI is InChI=1S/C13H12O4/c1-16-12(14)10-4-2-9(3-5-10)8-11-6-7-17-13(11)15/h2-6H,7-8H2,1H3. The molecule has 0 fully saturated rings. The lowest BCUT2D eigenvalue weighted by molar-refractivity contribution is -0.136. The number of hydrogen-bond donors (Lipinski definition) is 0. The number of cyclic esters (lactones) is 1. The summed E-state index contributed by atoms with van der Waals surface area (Å²) in [7, 11) is 1.34. The molecule has 0 saturated carbocycles. The van der Waals surface area contributed by atoms with E-state index in [0.717, 1.165) is 5.56 Å². The number of esters is 2. The quantitative estimate of drug-likeness (QED) is 0.741. The predicted octanol–water partition coefficient (Wildman–Crippen LogP) is 1.50. The monoisotopic (exact) mass is 232 g/mol. The van der Waals surface area contributed by atoms with Crippen LogP contribution < -0.4 is 0 Å². The number of methoxy groups -OCH3 is 1. The maximum Gasteiger partial charge on any atom is 0.337 e. The van der Waals surface area contributed by atoms with E-state index in [-0.39, 0.29) is 11.9 Å². The van der Waals surface area contributed by atoms with E-state index in [9.17, 15) is 9.59 Å². The summed E-state index contributed by atoms with van der Waals surface area (Å²) in [5, 5.41) is 0. The molecule has 0 bridgehead atoms. The third-order valence-corrected chi connectivity index (χ3v) is 2.58. The molecule has 0 amide bonds. The fourth-order valence-electron chi connectivity index (χ4n) is 1.63. The molecule has 17 heavy (non-hydrogen) atoms. The van der Waals surface area contributed by atoms with Crippen molar-refractivity contribution in [2.45, 2.75) is 6.42 Å². The highest BCUT2D eigenvalue weighted by atomic mass is 16.5. The summed E-state index contributed by atoms with van der Waals surface area (Å²) in [5.41, 5.74) is 2.12. The second-order valence-corrected chi connectivity index (χ2v) is 3.69. The molecule has 1 heterocycles. The zero-order valence-corrected chi connectivity index (χ0v) is 9.43. The van der Waals surface area contributed by atoms with E-state index in [1.54, 1.807) is 30.3 Å². The third-order valence-electron chi connectivity index (χ3n) is 2.58. The lowest BCUT2D eigenvalue weighted by Crippen LogP contribution is -2.03. The van der Waals surface area contributed by atoms with Crippen LogP contribution in [0.1, 0.15) is 15.9 Å². The van der Waals surface area contributed by atoms with Crippen LogP contribution in [0.5, 0.6) is 0 Å². The van der Waals surface area contributed by atoms with Gasteiger partial charge in [-0.05, 0) is 23.8 Å². The van der Waals surface area contributed by atoms with Gasteiger partial charge in [0, 0.05) is 12.0 Å². The van der Waals surface area contributed by atoms with E-state index in [1.807, 2.05) is 0 Å². The Hall–Kier alpha value is -2.10. The number of carbonyl (C=O) groups excluding carboxylic acids is 2. The van der Waals surface area contributed by atoms with E-state index >= 15 is 0 Å². The van der Waals surface area contributed by atoms with Gasteiger partial charge in [0.25, 0.3) is 0 Å². The first kappa shape index (κ1) is 11.4. The van der Waals surface area contributed by atoms with Crippen molar-refractivity contribution < 1.29 is 19.1 Å². The van der Waals surface area contributed by atoms with Gasteiger partial charge in [0.05, 0.1) is 12.7 Å². The highest BCUT2D eigenvalue weighted by Crippen LogP contribution is 2.15. The normalized spacial score (nSPS) is 14.2. The first-order valence-corrected chi connectivity index (χ1v) is 5.24. The number of hydrogen-bond acceptors (Lipinski definition) is 4. The van der Waals surface area contributed by atoms with Gasteiger partial charge in [-0.15, -0.1) is 0 Å². The Morgan fingerprint density at radius 3 is 2.59 bits per heavy atom. The predicted molar refractivity (Wildman–Crippen MR) is 60.5 cm³/mol. The first-order valence-electron chi connectivity index (χ1n) is 5.24. The van der Waals surface area contributed by atoms with Crippen molar-refractivity contribution >= 4 is 11.9 Å². The van der Waals surface area contributed by atoms with Gasteiger partial charge in [-0.2, -0.15) is 0 Å². The van der Waals surface area contributed by atoms with E-state index in [0.29, 0.717) is 24.2 Å². The van der Waals surface area contributed by atoms with E-state index in [4.69, 9.17) is 4.74 Å². The van der Waals surface area contributed by atoms with Gasteiger partial charge >= 0.3 is 11.9 Å². The van der Waals surface area contributed by atoms with E-state index in [1.165, 1.54) is 7.11 Å². The molecule has 1 aromatic rings. The Balaban J connectivity index is 2.08. The van der Waals surface area contributed by atoms with Gasteiger partial charge in [0.2, 0.25) is 0 Å². The number of rotatable bonds is 3. The van der Waals surface area contributed by atoms with E-state index in [2.05, 4.69) is 4.74 Å². The molecule has 0 N–H and O–H groups in total. The fourth-order valence-corrected chi connectivity index (χ4v) is 1.63. The molecular formula is C13H12O4. The second-order valence-electron chi connectivity index (χ2n) is 3.69. The van der Waals surface area contributed by atoms with Crippen LogP contribution in [0.25, 0.3) is 0 Å². The zero-order chi connectivity index (χ0) is 12.3. The van der Waals surface area contributed by atoms with Crippen LogP contribution in [0, 0.1) is 0 Å². The molecule has 88 valence electrons. The Labute approximate surface area is 98.8 Å². The van der Waals surface area contributed by atoms with Gasteiger partial charge in [-0.3, -0.25) is 0 Å². The lowest BCUT2D eigenvalue weighted by atomic mass is 10.0. The summed E-state index contributed by atoms with van der Waals surface area (Å²) < 4.78 is 9.41. The van der Waals surface area contributed by atoms with Gasteiger partial charge in [-0.1, -0.05) is 12.1 Å². The second kappa shape index (κ2) is 4.82. The summed E-state index contributed by atoms with van der Waals surface area (Å²) in [6.45, 7) is 0.356. The Bertz CT molecular complexity index is 471. The molecule has 1 aromatic carbocycles. The van der Waals surface area contributed by atoms with Crippen molar-refractivity contribution in [2.24, 2.45) is 0 Å². The molecule has 0 aliphatic carbocycles. The summed E-state index contributed by atoms with van der Waals surface area (Å²) in [6.07, 6.45) is 2.30. The highest BCUT2D eigenvalue weighted by Gasteiger charge is 2.16. The van der Waals surface area contributed by atoms with Crippen molar-refractivity contribution in [3.63, 3.8) is 0 Å². The van der Waals surface area contributed by atoms with Crippen LogP contribution in [0.15, 0.2) is 35.9 Å². The molecule has 0 radical (unpaired) electrons. The molecule has 0 aromatic heterocycles. The minimum Gasteiger partial charge on any atom is -0.465 e. The smallest absolute Gasteiger partial charge is 0.337 e. The van der Waals surface area contributed by atoms with Crippen LogP contribution >= 0.6 is 0 Å². The minimum absolute atomic E-state index is 0.262. The van der Waals surface area contributed by atoms with Crippen molar-refractivity contribution in [3.8, 4) is 0 Å². The van der Waals surface area contributed by atoms with Crippen LogP contribution in [0.3, 0.4) is 0 Å². The summed E-state index contributed by atoms with van der Waals surface area (Å²) in [6, 6.07) is 6.97. The summed E-state index contributed by atoms with van der Waals surface area (Å²) >= 11 is 0. The van der Waals surface area contributed by atoms with Gasteiger partial charge in [0.1, 0.15) is 6.61 Å². The maximum atomic E-state index is 11.2. The summed E-state index contributed by atoms with van der Waals surface area (Å²) in [5.74, 6) is -0.627. The average Bonchev–Trinajstić information content (AvgIpc) is 2.75. The number of carbonyl (C=O) groups is 2. The maximum absolute atomic E-state index is 11.2. The van der Waals surface area contributed by atoms with Crippen molar-refractivity contribution in [2.75, 3.05) is 13.7 Å². The zero-order valence-electron chi connectivity index (χ0n) is 9.43. The number of benzene rings is 1. The molecule has 4 nitrogen and oxygen atoms in total. The van der Waals surface area contributed by atoms with Crippen molar-refractivity contribution in [1.29, 1.82) is 0 Å². The molecule has 2 rings (SSSR count). The van der Waals surface area contributed by atoms with Crippen molar-refractivity contribution in [3.05, 3.63) is 47.0 Å². The number of ether oxygens (including phenoxy) is 2. The Morgan fingerprint density at radius 1 is 1.35 bits per heavy atom. The lowest BCUT2D eigenvalue weighted by Gasteiger charge is -2.02. The molecule has 1 aliphatic heterocycles. The molecule has 4 heteroatoms. The minimum atomic E-state index is -0.365. The molecule has 1 aliphatic rings. The van der Waals surface area contributed by atoms with Crippen LogP contribution in [-0.2, 0) is 20.7 Å². The van der Waals surface area contributed by atoms with Gasteiger partial charge in [0.15, 0.2) is 0 Å². The third kappa shape index (κ3) is 2.53. The fraction of sp³-hybridized carbons (Fsp3) is 0.231.